The van der Waals surface area contributed by atoms with Crippen molar-refractivity contribution in [2.45, 2.75) is 5.54 Å². The van der Waals surface area contributed by atoms with E-state index in [2.05, 4.69) is 0 Å². The molecule has 0 heterocycles. The van der Waals surface area contributed by atoms with E-state index >= 15 is 0 Å². The fraction of sp³-hybridized carbons (Fsp3) is 0.188. The predicted molar refractivity (Wildman–Crippen MR) is 76.2 cm³/mol. The van der Waals surface area contributed by atoms with Gasteiger partial charge in [0.05, 0.1) is 7.11 Å². The van der Waals surface area contributed by atoms with Crippen LogP contribution in [0.1, 0.15) is 5.56 Å². The van der Waals surface area contributed by atoms with Gasteiger partial charge in [-0.3, -0.25) is 0 Å². The van der Waals surface area contributed by atoms with Crippen LogP contribution < -0.4 is 10.5 Å². The largest absolute Gasteiger partial charge is 0.491 e. The Morgan fingerprint density at radius 1 is 1.19 bits per heavy atom. The minimum atomic E-state index is -1.46. The van der Waals surface area contributed by atoms with Gasteiger partial charge < -0.3 is 15.2 Å². The van der Waals surface area contributed by atoms with Gasteiger partial charge in [-0.1, -0.05) is 36.4 Å². The van der Waals surface area contributed by atoms with Gasteiger partial charge in [-0.05, 0) is 17.7 Å². The molecule has 1 atom stereocenters. The first kappa shape index (κ1) is 15.0. The van der Waals surface area contributed by atoms with Gasteiger partial charge >= 0.3 is 5.97 Å². The zero-order chi connectivity index (χ0) is 15.3. The molecule has 0 aliphatic heterocycles. The van der Waals surface area contributed by atoms with Crippen molar-refractivity contribution in [3.05, 3.63) is 66.0 Å². The number of ether oxygens (including phenoxy) is 2. The molecule has 0 radical (unpaired) electrons. The highest BCUT2D eigenvalue weighted by Crippen LogP contribution is 2.22. The molecule has 0 amide bonds. The number of rotatable bonds is 5. The number of carbonyl (C=O) groups is 1. The molecule has 0 fully saturated rings. The van der Waals surface area contributed by atoms with E-state index in [1.165, 1.54) is 25.3 Å². The Kier molecular flexibility index (Phi) is 4.55. The summed E-state index contributed by atoms with van der Waals surface area (Å²) in [5, 5.41) is 0. The summed E-state index contributed by atoms with van der Waals surface area (Å²) in [4.78, 5) is 12.0. The molecule has 0 bridgehead atoms. The fourth-order valence-corrected chi connectivity index (χ4v) is 1.93. The molecule has 5 heteroatoms. The first-order chi connectivity index (χ1) is 10.1. The molecule has 1 unspecified atom stereocenters. The lowest BCUT2D eigenvalue weighted by molar-refractivity contribution is -0.148. The SMILES string of the molecule is COC(=O)C(N)(COc1cccc(F)c1)c1ccccc1. The van der Waals surface area contributed by atoms with Crippen LogP contribution in [0, 0.1) is 5.82 Å². The molecule has 21 heavy (non-hydrogen) atoms. The Bertz CT molecular complexity index is 618. The maximum atomic E-state index is 13.1. The van der Waals surface area contributed by atoms with Gasteiger partial charge in [0.2, 0.25) is 0 Å². The second kappa shape index (κ2) is 6.37. The van der Waals surface area contributed by atoms with Crippen LogP contribution in [0.4, 0.5) is 4.39 Å². The lowest BCUT2D eigenvalue weighted by atomic mass is 9.92. The van der Waals surface area contributed by atoms with E-state index < -0.39 is 17.3 Å². The molecule has 2 N–H and O–H groups in total. The Labute approximate surface area is 122 Å². The molecule has 2 rings (SSSR count). The first-order valence-corrected chi connectivity index (χ1v) is 6.37. The minimum absolute atomic E-state index is 0.160. The van der Waals surface area contributed by atoms with Crippen LogP contribution in [0.2, 0.25) is 0 Å². The monoisotopic (exact) mass is 289 g/mol. The van der Waals surface area contributed by atoms with Crippen LogP contribution in [-0.4, -0.2) is 19.7 Å². The van der Waals surface area contributed by atoms with E-state index in [1.54, 1.807) is 30.3 Å². The highest BCUT2D eigenvalue weighted by molar-refractivity contribution is 5.82. The number of hydrogen-bond acceptors (Lipinski definition) is 4. The molecule has 2 aromatic rings. The summed E-state index contributed by atoms with van der Waals surface area (Å²) in [6.07, 6.45) is 0. The van der Waals surface area contributed by atoms with E-state index in [-0.39, 0.29) is 6.61 Å². The molecule has 4 nitrogen and oxygen atoms in total. The van der Waals surface area contributed by atoms with Crippen molar-refractivity contribution in [2.75, 3.05) is 13.7 Å². The molecule has 110 valence electrons. The minimum Gasteiger partial charge on any atom is -0.491 e. The van der Waals surface area contributed by atoms with Crippen molar-refractivity contribution in [2.24, 2.45) is 5.73 Å². The van der Waals surface area contributed by atoms with Gasteiger partial charge in [0.1, 0.15) is 18.2 Å². The maximum Gasteiger partial charge on any atom is 0.334 e. The molecule has 2 aromatic carbocycles. The van der Waals surface area contributed by atoms with Gasteiger partial charge in [0.25, 0.3) is 0 Å². The number of halogens is 1. The fourth-order valence-electron chi connectivity index (χ4n) is 1.93. The summed E-state index contributed by atoms with van der Waals surface area (Å²) >= 11 is 0. The van der Waals surface area contributed by atoms with Gasteiger partial charge in [-0.15, -0.1) is 0 Å². The number of hydrogen-bond donors (Lipinski definition) is 1. The Hall–Kier alpha value is -2.40. The lowest BCUT2D eigenvalue weighted by Crippen LogP contribution is -2.50. The van der Waals surface area contributed by atoms with Crippen LogP contribution in [0.3, 0.4) is 0 Å². The Balaban J connectivity index is 2.23. The number of methoxy groups -OCH3 is 1. The number of nitrogens with two attached hydrogens (primary N) is 1. The van der Waals surface area contributed by atoms with E-state index in [0.29, 0.717) is 11.3 Å². The number of esters is 1. The van der Waals surface area contributed by atoms with Crippen molar-refractivity contribution < 1.29 is 18.7 Å². The van der Waals surface area contributed by atoms with Crippen molar-refractivity contribution in [1.82, 2.24) is 0 Å². The third-order valence-corrected chi connectivity index (χ3v) is 3.10. The van der Waals surface area contributed by atoms with Crippen LogP contribution >= 0.6 is 0 Å². The lowest BCUT2D eigenvalue weighted by Gasteiger charge is -2.27. The summed E-state index contributed by atoms with van der Waals surface area (Å²) in [7, 11) is 1.26. The number of benzene rings is 2. The Morgan fingerprint density at radius 3 is 2.52 bits per heavy atom. The highest BCUT2D eigenvalue weighted by atomic mass is 19.1. The van der Waals surface area contributed by atoms with Crippen molar-refractivity contribution in [1.29, 1.82) is 0 Å². The first-order valence-electron chi connectivity index (χ1n) is 6.37. The normalized spacial score (nSPS) is 13.3. The van der Waals surface area contributed by atoms with E-state index in [0.717, 1.165) is 0 Å². The van der Waals surface area contributed by atoms with Crippen LogP contribution in [0.15, 0.2) is 54.6 Å². The molecular weight excluding hydrogens is 273 g/mol. The zero-order valence-electron chi connectivity index (χ0n) is 11.6. The molecular formula is C16H16FNO3. The highest BCUT2D eigenvalue weighted by Gasteiger charge is 2.38. The smallest absolute Gasteiger partial charge is 0.334 e. The van der Waals surface area contributed by atoms with Crippen LogP contribution in [0.25, 0.3) is 0 Å². The third kappa shape index (κ3) is 3.38. The summed E-state index contributed by atoms with van der Waals surface area (Å²) in [6.45, 7) is -0.160. The maximum absolute atomic E-state index is 13.1. The quantitative estimate of drug-likeness (QED) is 0.857. The second-order valence-corrected chi connectivity index (χ2v) is 4.58. The summed E-state index contributed by atoms with van der Waals surface area (Å²) in [5.74, 6) is -0.748. The van der Waals surface area contributed by atoms with E-state index in [1.807, 2.05) is 6.07 Å². The second-order valence-electron chi connectivity index (χ2n) is 4.58. The van der Waals surface area contributed by atoms with Gasteiger partial charge in [-0.25, -0.2) is 9.18 Å². The van der Waals surface area contributed by atoms with Gasteiger partial charge in [0.15, 0.2) is 5.54 Å². The van der Waals surface area contributed by atoms with Crippen molar-refractivity contribution in [3.63, 3.8) is 0 Å². The molecule has 0 spiro atoms. The third-order valence-electron chi connectivity index (χ3n) is 3.10. The molecule has 0 aliphatic carbocycles. The summed E-state index contributed by atoms with van der Waals surface area (Å²) in [5.41, 5.74) is 5.27. The van der Waals surface area contributed by atoms with Gasteiger partial charge in [-0.2, -0.15) is 0 Å². The summed E-state index contributed by atoms with van der Waals surface area (Å²) in [6, 6.07) is 14.4. The molecule has 0 saturated heterocycles. The number of carbonyl (C=O) groups excluding carboxylic acids is 1. The van der Waals surface area contributed by atoms with E-state index in [9.17, 15) is 9.18 Å². The molecule has 0 aliphatic rings. The van der Waals surface area contributed by atoms with Crippen LogP contribution in [0.5, 0.6) is 5.75 Å². The standard InChI is InChI=1S/C16H16FNO3/c1-20-15(19)16(18,12-6-3-2-4-7-12)11-21-14-9-5-8-13(17)10-14/h2-10H,11,18H2,1H3. The zero-order valence-corrected chi connectivity index (χ0v) is 11.6. The average molecular weight is 289 g/mol. The van der Waals surface area contributed by atoms with Crippen molar-refractivity contribution in [3.8, 4) is 5.75 Å². The topological polar surface area (TPSA) is 61.5 Å². The van der Waals surface area contributed by atoms with Crippen molar-refractivity contribution >= 4 is 5.97 Å². The summed E-state index contributed by atoms with van der Waals surface area (Å²) < 4.78 is 23.4. The average Bonchev–Trinajstić information content (AvgIpc) is 2.52. The van der Waals surface area contributed by atoms with Crippen LogP contribution in [-0.2, 0) is 15.1 Å². The molecule has 0 aromatic heterocycles. The Morgan fingerprint density at radius 2 is 1.90 bits per heavy atom. The van der Waals surface area contributed by atoms with E-state index in [4.69, 9.17) is 15.2 Å². The molecule has 0 saturated carbocycles. The predicted octanol–water partition coefficient (Wildman–Crippen LogP) is 2.23. The van der Waals surface area contributed by atoms with Gasteiger partial charge in [0, 0.05) is 6.07 Å².